The molecule has 0 aromatic rings. The van der Waals surface area contributed by atoms with Crippen LogP contribution in [0.4, 0.5) is 0 Å². The molecule has 1 aliphatic heterocycles. The molecule has 3 nitrogen and oxygen atoms in total. The molecular formula is C6H9NO2. The quantitative estimate of drug-likeness (QED) is 0.514. The minimum Gasteiger partial charge on any atom is -0.481 e. The SMILES string of the molecule is O=C(O)[C@]12CCN[C@H]1C2. The van der Waals surface area contributed by atoms with Crippen molar-refractivity contribution >= 4 is 5.97 Å². The first-order valence-electron chi connectivity index (χ1n) is 3.22. The van der Waals surface area contributed by atoms with Crippen LogP contribution in [0.1, 0.15) is 12.8 Å². The van der Waals surface area contributed by atoms with Gasteiger partial charge in [-0.05, 0) is 19.4 Å². The number of carbonyl (C=O) groups is 1. The van der Waals surface area contributed by atoms with Crippen molar-refractivity contribution in [3.63, 3.8) is 0 Å². The van der Waals surface area contributed by atoms with E-state index < -0.39 is 5.97 Å². The van der Waals surface area contributed by atoms with E-state index >= 15 is 0 Å². The van der Waals surface area contributed by atoms with Crippen LogP contribution in [0.2, 0.25) is 0 Å². The largest absolute Gasteiger partial charge is 0.481 e. The van der Waals surface area contributed by atoms with Crippen LogP contribution in [0.25, 0.3) is 0 Å². The average Bonchev–Trinajstić information content (AvgIpc) is 2.38. The molecule has 2 aliphatic rings. The van der Waals surface area contributed by atoms with Gasteiger partial charge in [-0.2, -0.15) is 0 Å². The van der Waals surface area contributed by atoms with Gasteiger partial charge >= 0.3 is 5.97 Å². The summed E-state index contributed by atoms with van der Waals surface area (Å²) in [6, 6.07) is 0.301. The number of aliphatic carboxylic acids is 1. The van der Waals surface area contributed by atoms with Crippen molar-refractivity contribution in [3.8, 4) is 0 Å². The molecule has 0 aromatic heterocycles. The number of piperidine rings is 1. The van der Waals surface area contributed by atoms with Gasteiger partial charge in [0, 0.05) is 6.04 Å². The number of fused-ring (bicyclic) bond motifs is 1. The molecule has 2 fully saturated rings. The summed E-state index contributed by atoms with van der Waals surface area (Å²) < 4.78 is 0. The Balaban J connectivity index is 2.19. The minimum absolute atomic E-state index is 0.301. The maximum Gasteiger partial charge on any atom is 0.311 e. The third-order valence-electron chi connectivity index (χ3n) is 2.46. The molecule has 1 aliphatic carbocycles. The van der Waals surface area contributed by atoms with Crippen molar-refractivity contribution in [1.82, 2.24) is 5.32 Å². The molecular weight excluding hydrogens is 118 g/mol. The molecule has 3 heteroatoms. The van der Waals surface area contributed by atoms with E-state index in [1.165, 1.54) is 0 Å². The Labute approximate surface area is 53.1 Å². The van der Waals surface area contributed by atoms with Crippen molar-refractivity contribution in [2.24, 2.45) is 5.41 Å². The number of hydrogen-bond acceptors (Lipinski definition) is 2. The van der Waals surface area contributed by atoms with Crippen LogP contribution in [-0.4, -0.2) is 23.7 Å². The second-order valence-corrected chi connectivity index (χ2v) is 2.92. The van der Waals surface area contributed by atoms with Crippen LogP contribution in [0.5, 0.6) is 0 Å². The summed E-state index contributed by atoms with van der Waals surface area (Å²) in [6.07, 6.45) is 1.68. The third kappa shape index (κ3) is 0.477. The average molecular weight is 127 g/mol. The fourth-order valence-electron chi connectivity index (χ4n) is 1.66. The van der Waals surface area contributed by atoms with Gasteiger partial charge in [-0.25, -0.2) is 0 Å². The van der Waals surface area contributed by atoms with Gasteiger partial charge in [0.25, 0.3) is 0 Å². The van der Waals surface area contributed by atoms with Crippen molar-refractivity contribution in [3.05, 3.63) is 0 Å². The number of hydrogen-bond donors (Lipinski definition) is 2. The summed E-state index contributed by atoms with van der Waals surface area (Å²) in [5, 5.41) is 11.8. The minimum atomic E-state index is -0.613. The standard InChI is InChI=1S/C6H9NO2/c8-5(9)6-1-2-7-4(6)3-6/h4,7H,1-3H2,(H,8,9)/t4-,6-/m0/s1. The molecule has 1 saturated heterocycles. The lowest BCUT2D eigenvalue weighted by atomic mass is 10.1. The van der Waals surface area contributed by atoms with Crippen LogP contribution in [-0.2, 0) is 4.79 Å². The van der Waals surface area contributed by atoms with Crippen LogP contribution in [0.3, 0.4) is 0 Å². The van der Waals surface area contributed by atoms with Crippen molar-refractivity contribution in [1.29, 1.82) is 0 Å². The van der Waals surface area contributed by atoms with Gasteiger partial charge in [0.2, 0.25) is 0 Å². The molecule has 0 radical (unpaired) electrons. The molecule has 1 saturated carbocycles. The molecule has 0 spiro atoms. The first kappa shape index (κ1) is 5.23. The van der Waals surface area contributed by atoms with E-state index in [9.17, 15) is 4.79 Å². The Morgan fingerprint density at radius 2 is 2.56 bits per heavy atom. The summed E-state index contributed by atoms with van der Waals surface area (Å²) >= 11 is 0. The molecule has 0 bridgehead atoms. The first-order chi connectivity index (χ1) is 4.26. The van der Waals surface area contributed by atoms with E-state index in [4.69, 9.17) is 5.11 Å². The van der Waals surface area contributed by atoms with E-state index in [2.05, 4.69) is 5.32 Å². The van der Waals surface area contributed by atoms with Crippen molar-refractivity contribution in [2.45, 2.75) is 18.9 Å². The van der Waals surface area contributed by atoms with E-state index in [1.54, 1.807) is 0 Å². The van der Waals surface area contributed by atoms with Crippen molar-refractivity contribution < 1.29 is 9.90 Å². The van der Waals surface area contributed by atoms with Crippen molar-refractivity contribution in [2.75, 3.05) is 6.54 Å². The van der Waals surface area contributed by atoms with Crippen LogP contribution in [0, 0.1) is 5.41 Å². The monoisotopic (exact) mass is 127 g/mol. The Kier molecular flexibility index (Phi) is 0.750. The maximum atomic E-state index is 10.5. The highest BCUT2D eigenvalue weighted by Gasteiger charge is 2.62. The molecule has 50 valence electrons. The zero-order chi connectivity index (χ0) is 6.48. The van der Waals surface area contributed by atoms with Crippen LogP contribution in [0.15, 0.2) is 0 Å². The number of nitrogens with one attached hydrogen (secondary N) is 1. The lowest BCUT2D eigenvalue weighted by Crippen LogP contribution is -2.16. The van der Waals surface area contributed by atoms with Gasteiger partial charge in [0.05, 0.1) is 5.41 Å². The van der Waals surface area contributed by atoms with Crippen LogP contribution < -0.4 is 5.32 Å². The predicted molar refractivity (Wildman–Crippen MR) is 31.1 cm³/mol. The van der Waals surface area contributed by atoms with Gasteiger partial charge in [-0.3, -0.25) is 4.79 Å². The summed E-state index contributed by atoms with van der Waals surface area (Å²) in [7, 11) is 0. The second-order valence-electron chi connectivity index (χ2n) is 2.92. The zero-order valence-corrected chi connectivity index (χ0v) is 5.05. The third-order valence-corrected chi connectivity index (χ3v) is 2.46. The fourth-order valence-corrected chi connectivity index (χ4v) is 1.66. The smallest absolute Gasteiger partial charge is 0.311 e. The van der Waals surface area contributed by atoms with Gasteiger partial charge in [-0.1, -0.05) is 0 Å². The fraction of sp³-hybridized carbons (Fsp3) is 0.833. The Morgan fingerprint density at radius 3 is 2.78 bits per heavy atom. The Morgan fingerprint density at radius 1 is 1.78 bits per heavy atom. The number of rotatable bonds is 1. The Hall–Kier alpha value is -0.570. The molecule has 0 aromatic carbocycles. The van der Waals surface area contributed by atoms with E-state index in [-0.39, 0.29) is 5.41 Å². The van der Waals surface area contributed by atoms with Gasteiger partial charge in [0.15, 0.2) is 0 Å². The molecule has 2 rings (SSSR count). The first-order valence-corrected chi connectivity index (χ1v) is 3.22. The zero-order valence-electron chi connectivity index (χ0n) is 5.05. The van der Waals surface area contributed by atoms with E-state index in [1.807, 2.05) is 0 Å². The second kappa shape index (κ2) is 1.29. The molecule has 2 N–H and O–H groups in total. The van der Waals surface area contributed by atoms with Crippen LogP contribution >= 0.6 is 0 Å². The number of carboxylic acid groups (broad SMARTS) is 1. The highest BCUT2D eigenvalue weighted by Crippen LogP contribution is 2.52. The van der Waals surface area contributed by atoms with Gasteiger partial charge < -0.3 is 10.4 Å². The van der Waals surface area contributed by atoms with E-state index in [0.29, 0.717) is 6.04 Å². The lowest BCUT2D eigenvalue weighted by molar-refractivity contribution is -0.143. The van der Waals surface area contributed by atoms with Gasteiger partial charge in [-0.15, -0.1) is 0 Å². The highest BCUT2D eigenvalue weighted by molar-refractivity contribution is 5.80. The molecule has 9 heavy (non-hydrogen) atoms. The molecule has 2 atom stereocenters. The normalized spacial score (nSPS) is 46.4. The maximum absolute atomic E-state index is 10.5. The topological polar surface area (TPSA) is 49.3 Å². The van der Waals surface area contributed by atoms with Gasteiger partial charge in [0.1, 0.15) is 0 Å². The highest BCUT2D eigenvalue weighted by atomic mass is 16.4. The Bertz CT molecular complexity index is 168. The molecule has 0 unspecified atom stereocenters. The lowest BCUT2D eigenvalue weighted by Gasteiger charge is -2.00. The summed E-state index contributed by atoms with van der Waals surface area (Å²) in [4.78, 5) is 10.5. The predicted octanol–water partition coefficient (Wildman–Crippen LogP) is -0.177. The summed E-state index contributed by atoms with van der Waals surface area (Å²) in [6.45, 7) is 0.886. The molecule has 1 heterocycles. The van der Waals surface area contributed by atoms with E-state index in [0.717, 1.165) is 19.4 Å². The summed E-state index contributed by atoms with van der Waals surface area (Å²) in [5.74, 6) is -0.613. The molecule has 0 amide bonds. The summed E-state index contributed by atoms with van der Waals surface area (Å²) in [5.41, 5.74) is -0.333. The number of carboxylic acids is 1.